The number of hydrogen-bond acceptors (Lipinski definition) is 6. The van der Waals surface area contributed by atoms with Crippen molar-refractivity contribution in [3.05, 3.63) is 70.5 Å². The highest BCUT2D eigenvalue weighted by Crippen LogP contribution is 2.29. The first-order chi connectivity index (χ1) is 16.0. The van der Waals surface area contributed by atoms with E-state index < -0.39 is 5.82 Å². The summed E-state index contributed by atoms with van der Waals surface area (Å²) < 4.78 is 25.7. The number of halogens is 1. The zero-order valence-electron chi connectivity index (χ0n) is 18.9. The van der Waals surface area contributed by atoms with Crippen molar-refractivity contribution in [3.63, 3.8) is 0 Å². The third-order valence-electron chi connectivity index (χ3n) is 5.65. The number of carbonyl (C=O) groups excluding carboxylic acids is 1. The Morgan fingerprint density at radius 2 is 1.97 bits per heavy atom. The van der Waals surface area contributed by atoms with Crippen LogP contribution in [0.15, 0.2) is 47.8 Å². The average molecular weight is 470 g/mol. The highest BCUT2D eigenvalue weighted by Gasteiger charge is 2.24. The Hall–Kier alpha value is -2.81. The van der Waals surface area contributed by atoms with Crippen LogP contribution in [0.4, 0.5) is 4.39 Å². The SMILES string of the molecule is COCCN1CCN(C(=O)c2csc(-c3ccc(OCc4cccc(C)c4)cc3F)n2)CC1. The van der Waals surface area contributed by atoms with Crippen LogP contribution in [0.1, 0.15) is 21.6 Å². The number of rotatable bonds is 8. The number of piperazine rings is 1. The molecule has 1 aromatic heterocycles. The van der Waals surface area contributed by atoms with Gasteiger partial charge in [0.25, 0.3) is 5.91 Å². The van der Waals surface area contributed by atoms with E-state index in [1.807, 2.05) is 31.2 Å². The first kappa shape index (κ1) is 23.4. The van der Waals surface area contributed by atoms with Crippen molar-refractivity contribution in [3.8, 4) is 16.3 Å². The molecule has 0 N–H and O–H groups in total. The van der Waals surface area contributed by atoms with E-state index in [9.17, 15) is 9.18 Å². The summed E-state index contributed by atoms with van der Waals surface area (Å²) in [6, 6.07) is 12.8. The Labute approximate surface area is 197 Å². The van der Waals surface area contributed by atoms with E-state index in [2.05, 4.69) is 9.88 Å². The number of methoxy groups -OCH3 is 1. The molecule has 8 heteroatoms. The maximum absolute atomic E-state index is 14.8. The van der Waals surface area contributed by atoms with E-state index in [1.54, 1.807) is 29.5 Å². The topological polar surface area (TPSA) is 54.9 Å². The number of ether oxygens (including phenoxy) is 2. The molecule has 2 heterocycles. The molecule has 1 saturated heterocycles. The quantitative estimate of drug-likeness (QED) is 0.494. The van der Waals surface area contributed by atoms with Crippen LogP contribution in [0, 0.1) is 12.7 Å². The zero-order valence-corrected chi connectivity index (χ0v) is 19.7. The van der Waals surface area contributed by atoms with Gasteiger partial charge in [-0.25, -0.2) is 9.37 Å². The number of nitrogens with zero attached hydrogens (tertiary/aromatic N) is 3. The van der Waals surface area contributed by atoms with E-state index in [0.717, 1.165) is 30.8 Å². The molecule has 33 heavy (non-hydrogen) atoms. The predicted molar refractivity (Wildman–Crippen MR) is 127 cm³/mol. The second kappa shape index (κ2) is 10.9. The minimum atomic E-state index is -0.420. The second-order valence-electron chi connectivity index (χ2n) is 8.08. The van der Waals surface area contributed by atoms with Crippen molar-refractivity contribution >= 4 is 17.2 Å². The monoisotopic (exact) mass is 469 g/mol. The summed E-state index contributed by atoms with van der Waals surface area (Å²) in [7, 11) is 1.69. The van der Waals surface area contributed by atoms with E-state index in [1.165, 1.54) is 17.4 Å². The number of aromatic nitrogens is 1. The van der Waals surface area contributed by atoms with Crippen molar-refractivity contribution in [2.45, 2.75) is 13.5 Å². The fourth-order valence-corrected chi connectivity index (χ4v) is 4.60. The molecule has 0 radical (unpaired) electrons. The van der Waals surface area contributed by atoms with E-state index in [4.69, 9.17) is 9.47 Å². The van der Waals surface area contributed by atoms with Gasteiger partial charge in [-0.05, 0) is 24.6 Å². The van der Waals surface area contributed by atoms with Crippen LogP contribution in [0.5, 0.6) is 5.75 Å². The van der Waals surface area contributed by atoms with Crippen LogP contribution in [0.2, 0.25) is 0 Å². The molecule has 1 amide bonds. The Balaban J connectivity index is 1.37. The lowest BCUT2D eigenvalue weighted by Gasteiger charge is -2.34. The van der Waals surface area contributed by atoms with E-state index >= 15 is 0 Å². The van der Waals surface area contributed by atoms with Crippen LogP contribution in [0.25, 0.3) is 10.6 Å². The number of benzene rings is 2. The lowest BCUT2D eigenvalue weighted by Crippen LogP contribution is -2.49. The summed E-state index contributed by atoms with van der Waals surface area (Å²) in [6.45, 7) is 6.86. The maximum Gasteiger partial charge on any atom is 0.273 e. The predicted octanol–water partition coefficient (Wildman–Crippen LogP) is 4.24. The highest BCUT2D eigenvalue weighted by molar-refractivity contribution is 7.13. The van der Waals surface area contributed by atoms with Crippen LogP contribution in [0.3, 0.4) is 0 Å². The molecule has 0 atom stereocenters. The van der Waals surface area contributed by atoms with Gasteiger partial charge in [-0.3, -0.25) is 9.69 Å². The molecule has 3 aromatic rings. The molecule has 174 valence electrons. The fraction of sp³-hybridized carbons (Fsp3) is 0.360. The molecule has 4 rings (SSSR count). The minimum Gasteiger partial charge on any atom is -0.489 e. The minimum absolute atomic E-state index is 0.109. The molecule has 0 spiro atoms. The molecule has 1 aliphatic rings. The molecule has 0 aliphatic carbocycles. The fourth-order valence-electron chi connectivity index (χ4n) is 3.78. The summed E-state index contributed by atoms with van der Waals surface area (Å²) in [6.07, 6.45) is 0. The molecule has 0 unspecified atom stereocenters. The van der Waals surface area contributed by atoms with Crippen LogP contribution in [-0.2, 0) is 11.3 Å². The third-order valence-corrected chi connectivity index (χ3v) is 6.53. The summed E-state index contributed by atoms with van der Waals surface area (Å²) in [5.74, 6) is -0.0730. The van der Waals surface area contributed by atoms with Crippen LogP contribution < -0.4 is 4.74 Å². The standard InChI is InChI=1S/C25H28FN3O3S/c1-18-4-3-5-19(14-18)16-32-20-6-7-21(22(26)15-20)24-27-23(17-33-24)25(30)29-10-8-28(9-11-29)12-13-31-2/h3-7,14-15,17H,8-13,16H2,1-2H3. The van der Waals surface area contributed by atoms with Crippen LogP contribution >= 0.6 is 11.3 Å². The summed E-state index contributed by atoms with van der Waals surface area (Å²) in [4.78, 5) is 21.4. The lowest BCUT2D eigenvalue weighted by molar-refractivity contribution is 0.0589. The van der Waals surface area contributed by atoms with Gasteiger partial charge >= 0.3 is 0 Å². The molecule has 0 bridgehead atoms. The van der Waals surface area contributed by atoms with Gasteiger partial charge in [-0.15, -0.1) is 11.3 Å². The molecule has 0 saturated carbocycles. The Morgan fingerprint density at radius 3 is 2.70 bits per heavy atom. The highest BCUT2D eigenvalue weighted by atomic mass is 32.1. The van der Waals surface area contributed by atoms with Crippen molar-refractivity contribution in [2.24, 2.45) is 0 Å². The smallest absolute Gasteiger partial charge is 0.273 e. The normalized spacial score (nSPS) is 14.5. The summed E-state index contributed by atoms with van der Waals surface area (Å²) in [5, 5.41) is 2.19. The summed E-state index contributed by atoms with van der Waals surface area (Å²) in [5.41, 5.74) is 2.91. The molecule has 6 nitrogen and oxygen atoms in total. The van der Waals surface area contributed by atoms with Gasteiger partial charge in [-0.2, -0.15) is 0 Å². The van der Waals surface area contributed by atoms with Crippen LogP contribution in [-0.4, -0.2) is 67.1 Å². The van der Waals surface area contributed by atoms with Crippen molar-refractivity contribution < 1.29 is 18.7 Å². The Kier molecular flexibility index (Phi) is 7.69. The van der Waals surface area contributed by atoms with Gasteiger partial charge < -0.3 is 14.4 Å². The van der Waals surface area contributed by atoms with E-state index in [-0.39, 0.29) is 5.91 Å². The third kappa shape index (κ3) is 5.96. The summed E-state index contributed by atoms with van der Waals surface area (Å²) >= 11 is 1.27. The van der Waals surface area contributed by atoms with Crippen molar-refractivity contribution in [1.82, 2.24) is 14.8 Å². The number of amides is 1. The molecule has 1 fully saturated rings. The Morgan fingerprint density at radius 1 is 1.15 bits per heavy atom. The molecular weight excluding hydrogens is 441 g/mol. The first-order valence-corrected chi connectivity index (χ1v) is 11.9. The lowest BCUT2D eigenvalue weighted by atomic mass is 10.1. The van der Waals surface area contributed by atoms with Gasteiger partial charge in [0.2, 0.25) is 0 Å². The van der Waals surface area contributed by atoms with Gasteiger partial charge in [0.05, 0.1) is 6.61 Å². The molecular formula is C25H28FN3O3S. The van der Waals surface area contributed by atoms with Gasteiger partial charge in [0, 0.05) is 56.8 Å². The number of hydrogen-bond donors (Lipinski definition) is 0. The van der Waals surface area contributed by atoms with Crippen molar-refractivity contribution in [1.29, 1.82) is 0 Å². The number of aryl methyl sites for hydroxylation is 1. The van der Waals surface area contributed by atoms with Crippen molar-refractivity contribution in [2.75, 3.05) is 46.4 Å². The number of carbonyl (C=O) groups is 1. The maximum atomic E-state index is 14.8. The molecule has 2 aromatic carbocycles. The Bertz CT molecular complexity index is 1100. The average Bonchev–Trinajstić information content (AvgIpc) is 3.31. The number of thiazole rings is 1. The second-order valence-corrected chi connectivity index (χ2v) is 8.94. The zero-order chi connectivity index (χ0) is 23.2. The van der Waals surface area contributed by atoms with Gasteiger partial charge in [0.1, 0.15) is 28.9 Å². The first-order valence-electron chi connectivity index (χ1n) is 11.0. The van der Waals surface area contributed by atoms with Gasteiger partial charge in [-0.1, -0.05) is 29.8 Å². The van der Waals surface area contributed by atoms with Gasteiger partial charge in [0.15, 0.2) is 0 Å². The van der Waals surface area contributed by atoms with E-state index in [0.29, 0.717) is 48.3 Å². The molecule has 1 aliphatic heterocycles. The largest absolute Gasteiger partial charge is 0.489 e.